The summed E-state index contributed by atoms with van der Waals surface area (Å²) in [6.07, 6.45) is 4.13. The molecule has 0 spiro atoms. The number of rotatable bonds is 4. The molecule has 1 saturated carbocycles. The highest BCUT2D eigenvalue weighted by Crippen LogP contribution is 2.40. The van der Waals surface area contributed by atoms with Gasteiger partial charge in [0, 0.05) is 8.59 Å². The van der Waals surface area contributed by atoms with Gasteiger partial charge in [0.2, 0.25) is 0 Å². The Labute approximate surface area is 150 Å². The van der Waals surface area contributed by atoms with Gasteiger partial charge in [0.25, 0.3) is 0 Å². The number of hydrogen-bond donors (Lipinski definition) is 1. The Bertz CT molecular complexity index is 626. The molecule has 0 aromatic heterocycles. The van der Waals surface area contributed by atoms with E-state index in [4.69, 9.17) is 11.6 Å². The van der Waals surface area contributed by atoms with Gasteiger partial charge in [0.05, 0.1) is 6.10 Å². The molecule has 1 unspecified atom stereocenters. The van der Waals surface area contributed by atoms with Gasteiger partial charge >= 0.3 is 0 Å². The normalized spacial score (nSPS) is 22.7. The number of aliphatic hydroxyl groups is 1. The summed E-state index contributed by atoms with van der Waals surface area (Å²) < 4.78 is 1.28. The maximum atomic E-state index is 10.6. The third-order valence-electron chi connectivity index (χ3n) is 4.66. The molecular weight excluding hydrogens is 407 g/mol. The molecule has 1 N–H and O–H groups in total. The molecule has 3 atom stereocenters. The van der Waals surface area contributed by atoms with Crippen molar-refractivity contribution in [2.45, 2.75) is 31.8 Å². The average molecular weight is 427 g/mol. The summed E-state index contributed by atoms with van der Waals surface area (Å²) in [4.78, 5) is 0. The van der Waals surface area contributed by atoms with Crippen LogP contribution >= 0.6 is 34.2 Å². The van der Waals surface area contributed by atoms with Crippen molar-refractivity contribution in [2.75, 3.05) is 0 Å². The highest BCUT2D eigenvalue weighted by atomic mass is 127. The highest BCUT2D eigenvalue weighted by molar-refractivity contribution is 14.1. The van der Waals surface area contributed by atoms with E-state index in [1.165, 1.54) is 15.6 Å². The smallest absolute Gasteiger partial charge is 0.0818 e. The molecule has 3 rings (SSSR count). The molecule has 0 heterocycles. The lowest BCUT2D eigenvalue weighted by Crippen LogP contribution is -2.10. The number of aliphatic hydroxyl groups excluding tert-OH is 1. The molecule has 0 bridgehead atoms. The third kappa shape index (κ3) is 4.03. The van der Waals surface area contributed by atoms with Crippen LogP contribution in [0.4, 0.5) is 0 Å². The van der Waals surface area contributed by atoms with Gasteiger partial charge in [0.1, 0.15) is 0 Å². The second-order valence-corrected chi connectivity index (χ2v) is 7.95. The van der Waals surface area contributed by atoms with Gasteiger partial charge in [0.15, 0.2) is 0 Å². The molecule has 2 aromatic rings. The maximum Gasteiger partial charge on any atom is 0.0818 e. The van der Waals surface area contributed by atoms with Crippen LogP contribution in [-0.2, 0) is 6.42 Å². The van der Waals surface area contributed by atoms with Crippen molar-refractivity contribution in [2.24, 2.45) is 11.8 Å². The first-order valence-electron chi connectivity index (χ1n) is 7.80. The Balaban J connectivity index is 1.61. The lowest BCUT2D eigenvalue weighted by molar-refractivity contribution is 0.109. The second-order valence-electron chi connectivity index (χ2n) is 6.27. The number of halogens is 2. The third-order valence-corrected chi connectivity index (χ3v) is 5.61. The van der Waals surface area contributed by atoms with Crippen LogP contribution in [0.1, 0.15) is 36.5 Å². The Morgan fingerprint density at radius 2 is 1.91 bits per heavy atom. The summed E-state index contributed by atoms with van der Waals surface area (Å²) in [5, 5.41) is 11.3. The fraction of sp³-hybridized carbons (Fsp3) is 0.368. The van der Waals surface area contributed by atoms with E-state index in [0.717, 1.165) is 24.8 Å². The van der Waals surface area contributed by atoms with Crippen LogP contribution in [0.2, 0.25) is 5.02 Å². The molecule has 0 radical (unpaired) electrons. The van der Waals surface area contributed by atoms with Crippen molar-refractivity contribution >= 4 is 34.2 Å². The van der Waals surface area contributed by atoms with Crippen LogP contribution in [0.25, 0.3) is 0 Å². The molecule has 116 valence electrons. The van der Waals surface area contributed by atoms with E-state index in [1.54, 1.807) is 0 Å². The van der Waals surface area contributed by atoms with E-state index in [9.17, 15) is 5.11 Å². The summed E-state index contributed by atoms with van der Waals surface area (Å²) in [7, 11) is 0. The summed E-state index contributed by atoms with van der Waals surface area (Å²) in [5.74, 6) is 1.03. The van der Waals surface area contributed by atoms with E-state index in [-0.39, 0.29) is 6.10 Å². The summed E-state index contributed by atoms with van der Waals surface area (Å²) >= 11 is 8.37. The van der Waals surface area contributed by atoms with Gasteiger partial charge in [-0.2, -0.15) is 0 Å². The standard InChI is InChI=1S/C19H20ClIO/c20-17-3-1-2-15(12-17)19(22)16-7-4-14(11-16)10-13-5-8-18(21)9-6-13/h1-3,5-6,8-9,12,14,16,19,22H,4,7,10-11H2/t14?,16-,19+/m0/s1. The minimum Gasteiger partial charge on any atom is -0.388 e. The molecule has 3 heteroatoms. The lowest BCUT2D eigenvalue weighted by Gasteiger charge is -2.19. The van der Waals surface area contributed by atoms with Crippen molar-refractivity contribution in [3.63, 3.8) is 0 Å². The highest BCUT2D eigenvalue weighted by Gasteiger charge is 2.30. The minimum absolute atomic E-state index is 0.354. The molecule has 0 saturated heterocycles. The van der Waals surface area contributed by atoms with Crippen molar-refractivity contribution in [1.82, 2.24) is 0 Å². The zero-order chi connectivity index (χ0) is 15.5. The van der Waals surface area contributed by atoms with Gasteiger partial charge in [-0.1, -0.05) is 35.9 Å². The maximum absolute atomic E-state index is 10.6. The van der Waals surface area contributed by atoms with Gasteiger partial charge in [-0.15, -0.1) is 0 Å². The predicted octanol–water partition coefficient (Wildman–Crippen LogP) is 5.64. The van der Waals surface area contributed by atoms with Crippen LogP contribution < -0.4 is 0 Å². The molecule has 2 aromatic carbocycles. The molecule has 0 aliphatic heterocycles. The second kappa shape index (κ2) is 7.33. The zero-order valence-corrected chi connectivity index (χ0v) is 15.3. The van der Waals surface area contributed by atoms with E-state index in [0.29, 0.717) is 16.9 Å². The largest absolute Gasteiger partial charge is 0.388 e. The molecule has 1 aliphatic rings. The van der Waals surface area contributed by atoms with Crippen molar-refractivity contribution in [3.05, 3.63) is 68.3 Å². The monoisotopic (exact) mass is 426 g/mol. The van der Waals surface area contributed by atoms with Gasteiger partial charge in [-0.25, -0.2) is 0 Å². The number of hydrogen-bond acceptors (Lipinski definition) is 1. The van der Waals surface area contributed by atoms with Crippen molar-refractivity contribution < 1.29 is 5.11 Å². The molecular formula is C19H20ClIO. The predicted molar refractivity (Wildman–Crippen MR) is 100 cm³/mol. The SMILES string of the molecule is O[C@H](c1cccc(Cl)c1)[C@H]1CCC(Cc2ccc(I)cc2)C1. The number of benzene rings is 2. The zero-order valence-electron chi connectivity index (χ0n) is 12.4. The van der Waals surface area contributed by atoms with E-state index < -0.39 is 0 Å². The van der Waals surface area contributed by atoms with E-state index >= 15 is 0 Å². The summed E-state index contributed by atoms with van der Waals surface area (Å²) in [5.41, 5.74) is 2.36. The quantitative estimate of drug-likeness (QED) is 0.628. The molecule has 1 fully saturated rings. The molecule has 1 aliphatic carbocycles. The first-order chi connectivity index (χ1) is 10.6. The Kier molecular flexibility index (Phi) is 5.42. The van der Waals surface area contributed by atoms with Gasteiger partial charge < -0.3 is 5.11 Å². The molecule has 0 amide bonds. The van der Waals surface area contributed by atoms with Crippen molar-refractivity contribution in [3.8, 4) is 0 Å². The van der Waals surface area contributed by atoms with Crippen LogP contribution in [0.15, 0.2) is 48.5 Å². The fourth-order valence-corrected chi connectivity index (χ4v) is 4.06. The van der Waals surface area contributed by atoms with Crippen molar-refractivity contribution in [1.29, 1.82) is 0 Å². The van der Waals surface area contributed by atoms with E-state index in [1.807, 2.05) is 24.3 Å². The van der Waals surface area contributed by atoms with Crippen LogP contribution in [0.3, 0.4) is 0 Å². The minimum atomic E-state index is -0.388. The summed E-state index contributed by atoms with van der Waals surface area (Å²) in [6.45, 7) is 0. The Morgan fingerprint density at radius 3 is 2.64 bits per heavy atom. The van der Waals surface area contributed by atoms with Gasteiger partial charge in [-0.05, 0) is 95.5 Å². The fourth-order valence-electron chi connectivity index (χ4n) is 3.50. The molecule has 1 nitrogen and oxygen atoms in total. The molecule has 22 heavy (non-hydrogen) atoms. The van der Waals surface area contributed by atoms with E-state index in [2.05, 4.69) is 46.9 Å². The summed E-state index contributed by atoms with van der Waals surface area (Å²) in [6, 6.07) is 16.4. The lowest BCUT2D eigenvalue weighted by atomic mass is 9.91. The topological polar surface area (TPSA) is 20.2 Å². The van der Waals surface area contributed by atoms with Crippen LogP contribution in [0.5, 0.6) is 0 Å². The Morgan fingerprint density at radius 1 is 1.14 bits per heavy atom. The Hall–Kier alpha value is -0.580. The first kappa shape index (κ1) is 16.3. The van der Waals surface area contributed by atoms with Gasteiger partial charge in [-0.3, -0.25) is 0 Å². The average Bonchev–Trinajstić information content (AvgIpc) is 2.97. The first-order valence-corrected chi connectivity index (χ1v) is 9.25. The van der Waals surface area contributed by atoms with Crippen LogP contribution in [-0.4, -0.2) is 5.11 Å². The van der Waals surface area contributed by atoms with Crippen LogP contribution in [0, 0.1) is 15.4 Å².